The number of aryl methyl sites for hydroxylation is 1. The number of aromatic carboxylic acids is 1. The first-order valence-electron chi connectivity index (χ1n) is 6.07. The minimum atomic E-state index is -0.921. The fourth-order valence-corrected chi connectivity index (χ4v) is 1.74. The fraction of sp³-hybridized carbons (Fsp3) is 0.500. The summed E-state index contributed by atoms with van der Waals surface area (Å²) in [7, 11) is 0. The van der Waals surface area contributed by atoms with Crippen LogP contribution in [0, 0.1) is 6.92 Å². The summed E-state index contributed by atoms with van der Waals surface area (Å²) in [5.41, 5.74) is 1.53. The van der Waals surface area contributed by atoms with Crippen LogP contribution in [-0.4, -0.2) is 29.8 Å². The lowest BCUT2D eigenvalue weighted by atomic mass is 10.1. The molecule has 0 saturated carbocycles. The Kier molecular flexibility index (Phi) is 4.73. The average Bonchev–Trinajstić information content (AvgIpc) is 2.27. The maximum Gasteiger partial charge on any atom is 0.337 e. The zero-order valence-corrected chi connectivity index (χ0v) is 11.4. The van der Waals surface area contributed by atoms with E-state index in [1.54, 1.807) is 12.1 Å². The van der Waals surface area contributed by atoms with Crippen molar-refractivity contribution in [3.63, 3.8) is 0 Å². The highest BCUT2D eigenvalue weighted by Gasteiger charge is 2.18. The molecule has 0 atom stereocenters. The van der Waals surface area contributed by atoms with Crippen LogP contribution in [0.25, 0.3) is 0 Å². The van der Waals surface area contributed by atoms with Gasteiger partial charge in [-0.2, -0.15) is 0 Å². The van der Waals surface area contributed by atoms with E-state index in [-0.39, 0.29) is 5.60 Å². The predicted octanol–water partition coefficient (Wildman–Crippen LogP) is 2.92. The summed E-state index contributed by atoms with van der Waals surface area (Å²) >= 11 is 0. The summed E-state index contributed by atoms with van der Waals surface area (Å²) < 4.78 is 5.57. The van der Waals surface area contributed by atoms with Gasteiger partial charge >= 0.3 is 5.97 Å². The lowest BCUT2D eigenvalue weighted by Gasteiger charge is -2.26. The summed E-state index contributed by atoms with van der Waals surface area (Å²) in [5, 5.41) is 12.3. The zero-order valence-electron chi connectivity index (χ0n) is 11.4. The Morgan fingerprint density at radius 3 is 2.67 bits per heavy atom. The van der Waals surface area contributed by atoms with Gasteiger partial charge < -0.3 is 15.2 Å². The topological polar surface area (TPSA) is 58.6 Å². The van der Waals surface area contributed by atoms with Gasteiger partial charge in [-0.25, -0.2) is 4.79 Å². The molecule has 0 aliphatic rings. The van der Waals surface area contributed by atoms with E-state index in [2.05, 4.69) is 5.32 Å². The van der Waals surface area contributed by atoms with Gasteiger partial charge in [-0.1, -0.05) is 11.6 Å². The summed E-state index contributed by atoms with van der Waals surface area (Å²) in [4.78, 5) is 11.2. The van der Waals surface area contributed by atoms with Crippen molar-refractivity contribution in [1.29, 1.82) is 0 Å². The summed E-state index contributed by atoms with van der Waals surface area (Å²) in [6, 6.07) is 5.35. The molecular weight excluding hydrogens is 230 g/mol. The molecule has 0 bridgehead atoms. The molecule has 0 aliphatic carbocycles. The number of carboxylic acids is 1. The molecule has 0 aromatic heterocycles. The smallest absolute Gasteiger partial charge is 0.337 e. The number of ether oxygens (including phenoxy) is 1. The number of hydrogen-bond acceptors (Lipinski definition) is 3. The molecule has 1 rings (SSSR count). The third-order valence-electron chi connectivity index (χ3n) is 2.65. The fourth-order valence-electron chi connectivity index (χ4n) is 1.74. The van der Waals surface area contributed by atoms with Crippen molar-refractivity contribution in [3.05, 3.63) is 29.3 Å². The van der Waals surface area contributed by atoms with Crippen LogP contribution < -0.4 is 5.32 Å². The molecule has 1 aromatic carbocycles. The molecule has 0 unspecified atom stereocenters. The number of rotatable bonds is 6. The van der Waals surface area contributed by atoms with Gasteiger partial charge in [0.05, 0.1) is 11.2 Å². The van der Waals surface area contributed by atoms with Crippen LogP contribution >= 0.6 is 0 Å². The molecule has 0 fully saturated rings. The third kappa shape index (κ3) is 4.04. The Hall–Kier alpha value is -1.55. The average molecular weight is 251 g/mol. The van der Waals surface area contributed by atoms with E-state index in [0.29, 0.717) is 24.4 Å². The molecule has 100 valence electrons. The third-order valence-corrected chi connectivity index (χ3v) is 2.65. The molecule has 4 heteroatoms. The van der Waals surface area contributed by atoms with Crippen LogP contribution in [-0.2, 0) is 4.74 Å². The minimum Gasteiger partial charge on any atom is -0.478 e. The van der Waals surface area contributed by atoms with Crippen molar-refractivity contribution >= 4 is 11.7 Å². The van der Waals surface area contributed by atoms with E-state index in [1.165, 1.54) is 0 Å². The van der Waals surface area contributed by atoms with E-state index in [4.69, 9.17) is 9.84 Å². The van der Waals surface area contributed by atoms with Gasteiger partial charge in [0.25, 0.3) is 0 Å². The highest BCUT2D eigenvalue weighted by Crippen LogP contribution is 2.19. The standard InChI is InChI=1S/C14H21NO3/c1-5-18-14(3,4)9-15-12-7-6-10(2)8-11(12)13(16)17/h6-8,15H,5,9H2,1-4H3,(H,16,17). The quantitative estimate of drug-likeness (QED) is 0.816. The molecule has 2 N–H and O–H groups in total. The van der Waals surface area contributed by atoms with E-state index in [9.17, 15) is 4.79 Å². The van der Waals surface area contributed by atoms with Gasteiger partial charge in [0.2, 0.25) is 0 Å². The Bertz CT molecular complexity index is 427. The number of hydrogen-bond donors (Lipinski definition) is 2. The van der Waals surface area contributed by atoms with Crippen LogP contribution in [0.3, 0.4) is 0 Å². The summed E-state index contributed by atoms with van der Waals surface area (Å²) in [6.45, 7) is 8.95. The molecule has 18 heavy (non-hydrogen) atoms. The Labute approximate surface area is 108 Å². The van der Waals surface area contributed by atoms with Gasteiger partial charge in [-0.15, -0.1) is 0 Å². The number of anilines is 1. The molecule has 4 nitrogen and oxygen atoms in total. The maximum absolute atomic E-state index is 11.2. The normalized spacial score (nSPS) is 11.3. The van der Waals surface area contributed by atoms with Gasteiger partial charge in [-0.3, -0.25) is 0 Å². The number of carbonyl (C=O) groups is 1. The van der Waals surface area contributed by atoms with Crippen molar-refractivity contribution in [1.82, 2.24) is 0 Å². The Morgan fingerprint density at radius 1 is 1.44 bits per heavy atom. The molecule has 0 heterocycles. The van der Waals surface area contributed by atoms with Crippen molar-refractivity contribution in [2.24, 2.45) is 0 Å². The number of carboxylic acid groups (broad SMARTS) is 1. The molecule has 0 spiro atoms. The minimum absolute atomic E-state index is 0.294. The van der Waals surface area contributed by atoms with Gasteiger partial charge in [0.1, 0.15) is 0 Å². The largest absolute Gasteiger partial charge is 0.478 e. The van der Waals surface area contributed by atoms with E-state index in [1.807, 2.05) is 33.8 Å². The van der Waals surface area contributed by atoms with E-state index >= 15 is 0 Å². The van der Waals surface area contributed by atoms with Crippen molar-refractivity contribution in [2.45, 2.75) is 33.3 Å². The van der Waals surface area contributed by atoms with Crippen molar-refractivity contribution < 1.29 is 14.6 Å². The van der Waals surface area contributed by atoms with Crippen LogP contribution in [0.4, 0.5) is 5.69 Å². The Morgan fingerprint density at radius 2 is 2.11 bits per heavy atom. The van der Waals surface area contributed by atoms with E-state index in [0.717, 1.165) is 5.56 Å². The maximum atomic E-state index is 11.2. The molecule has 0 radical (unpaired) electrons. The van der Waals surface area contributed by atoms with Gasteiger partial charge in [-0.05, 0) is 39.8 Å². The second kappa shape index (κ2) is 5.87. The predicted molar refractivity (Wildman–Crippen MR) is 72.3 cm³/mol. The van der Waals surface area contributed by atoms with Crippen LogP contribution in [0.15, 0.2) is 18.2 Å². The first-order chi connectivity index (χ1) is 8.35. The number of nitrogens with one attached hydrogen (secondary N) is 1. The molecule has 0 amide bonds. The SMILES string of the molecule is CCOC(C)(C)CNc1ccc(C)cc1C(=O)O. The van der Waals surface area contributed by atoms with Crippen molar-refractivity contribution in [3.8, 4) is 0 Å². The summed E-state index contributed by atoms with van der Waals surface area (Å²) in [6.07, 6.45) is 0. The van der Waals surface area contributed by atoms with Gasteiger partial charge in [0.15, 0.2) is 0 Å². The second-order valence-corrected chi connectivity index (χ2v) is 4.90. The van der Waals surface area contributed by atoms with Crippen LogP contribution in [0.2, 0.25) is 0 Å². The van der Waals surface area contributed by atoms with Crippen LogP contribution in [0.5, 0.6) is 0 Å². The summed E-state index contributed by atoms with van der Waals surface area (Å²) in [5.74, 6) is -0.921. The highest BCUT2D eigenvalue weighted by atomic mass is 16.5. The van der Waals surface area contributed by atoms with Gasteiger partial charge in [0, 0.05) is 18.8 Å². The monoisotopic (exact) mass is 251 g/mol. The molecule has 0 aliphatic heterocycles. The van der Waals surface area contributed by atoms with E-state index < -0.39 is 5.97 Å². The molecule has 0 saturated heterocycles. The highest BCUT2D eigenvalue weighted by molar-refractivity contribution is 5.94. The molecular formula is C14H21NO3. The van der Waals surface area contributed by atoms with Crippen LogP contribution in [0.1, 0.15) is 36.7 Å². The molecule has 1 aromatic rings. The first-order valence-corrected chi connectivity index (χ1v) is 6.07. The Balaban J connectivity index is 2.82. The zero-order chi connectivity index (χ0) is 13.8. The lowest BCUT2D eigenvalue weighted by molar-refractivity contribution is 0.000659. The van der Waals surface area contributed by atoms with Crippen molar-refractivity contribution in [2.75, 3.05) is 18.5 Å². The second-order valence-electron chi connectivity index (χ2n) is 4.90. The lowest BCUT2D eigenvalue weighted by Crippen LogP contribution is -2.33. The number of benzene rings is 1. The first kappa shape index (κ1) is 14.5.